The number of hydrogen-bond donors (Lipinski definition) is 0. The van der Waals surface area contributed by atoms with Crippen LogP contribution in [-0.2, 0) is 10.1 Å². The maximum absolute atomic E-state index is 13.9. The minimum Gasteiger partial charge on any atom is -0.374 e. The number of anilines is 6. The number of thiophene rings is 1. The van der Waals surface area contributed by atoms with Gasteiger partial charge in [-0.3, -0.25) is 0 Å². The fourth-order valence-electron chi connectivity index (χ4n) is 6.38. The number of alkyl halides is 3. The minimum atomic E-state index is -6.02. The van der Waals surface area contributed by atoms with Crippen LogP contribution in [0.25, 0.3) is 30.9 Å². The highest BCUT2D eigenvalue weighted by Gasteiger charge is 2.49. The lowest BCUT2D eigenvalue weighted by atomic mass is 10.00. The number of fused-ring (bicyclic) bond motifs is 4. The van der Waals surface area contributed by atoms with E-state index in [-0.39, 0.29) is 4.70 Å². The molecule has 0 unspecified atom stereocenters. The molecule has 0 radical (unpaired) electrons. The van der Waals surface area contributed by atoms with Crippen molar-refractivity contribution in [2.75, 3.05) is 9.80 Å². The van der Waals surface area contributed by atoms with Gasteiger partial charge in [0.2, 0.25) is 0 Å². The summed E-state index contributed by atoms with van der Waals surface area (Å²) in [5.41, 5.74) is -1.27. The van der Waals surface area contributed by atoms with Crippen molar-refractivity contribution in [2.45, 2.75) is 5.51 Å². The fraction of sp³-hybridized carbons (Fsp3) is 0.0244. The maximum atomic E-state index is 13.9. The molecule has 0 bridgehead atoms. The van der Waals surface area contributed by atoms with E-state index in [4.69, 9.17) is 4.18 Å². The first-order valence-corrected chi connectivity index (χ1v) is 18.2. The number of benzene rings is 7. The second-order valence-corrected chi connectivity index (χ2v) is 14.3. The molecule has 7 aromatic carbocycles. The highest BCUT2D eigenvalue weighted by atomic mass is 32.2. The van der Waals surface area contributed by atoms with E-state index in [9.17, 15) is 21.6 Å². The van der Waals surface area contributed by atoms with Crippen molar-refractivity contribution < 1.29 is 25.8 Å². The molecule has 0 saturated carbocycles. The molecule has 0 aliphatic rings. The maximum Gasteiger partial charge on any atom is 0.534 e. The predicted molar refractivity (Wildman–Crippen MR) is 202 cm³/mol. The molecule has 0 aliphatic heterocycles. The summed E-state index contributed by atoms with van der Waals surface area (Å²) in [5.74, 6) is -0.418. The Bertz CT molecular complexity index is 2540. The predicted octanol–water partition coefficient (Wildman–Crippen LogP) is 12.4. The third-order valence-corrected chi connectivity index (χ3v) is 10.7. The van der Waals surface area contributed by atoms with Gasteiger partial charge < -0.3 is 14.0 Å². The van der Waals surface area contributed by atoms with Gasteiger partial charge in [-0.15, -0.1) is 11.3 Å². The lowest BCUT2D eigenvalue weighted by Crippen LogP contribution is -2.28. The zero-order chi connectivity index (χ0) is 35.2. The molecular weight excluding hydrogens is 690 g/mol. The quantitative estimate of drug-likeness (QED) is 0.116. The Morgan fingerprint density at radius 2 is 1.00 bits per heavy atom. The van der Waals surface area contributed by atoms with Crippen molar-refractivity contribution in [3.05, 3.63) is 164 Å². The van der Waals surface area contributed by atoms with Crippen LogP contribution < -0.4 is 14.0 Å². The Labute approximate surface area is 296 Å². The van der Waals surface area contributed by atoms with E-state index in [0.717, 1.165) is 37.9 Å². The largest absolute Gasteiger partial charge is 0.534 e. The molecule has 8 aromatic rings. The van der Waals surface area contributed by atoms with Crippen LogP contribution in [0.2, 0.25) is 0 Å². The molecule has 0 atom stereocenters. The van der Waals surface area contributed by atoms with Crippen molar-refractivity contribution in [1.82, 2.24) is 0 Å². The van der Waals surface area contributed by atoms with Gasteiger partial charge in [0.05, 0.1) is 16.1 Å². The third kappa shape index (κ3) is 5.92. The van der Waals surface area contributed by atoms with Crippen LogP contribution in [0, 0.1) is 0 Å². The molecule has 1 aromatic heterocycles. The molecule has 0 saturated heterocycles. The fourth-order valence-corrected chi connectivity index (χ4v) is 8.09. The van der Waals surface area contributed by atoms with Crippen LogP contribution in [0.3, 0.4) is 0 Å². The van der Waals surface area contributed by atoms with Gasteiger partial charge in [-0.05, 0) is 66.0 Å². The molecule has 8 rings (SSSR count). The topological polar surface area (TPSA) is 49.9 Å². The summed E-state index contributed by atoms with van der Waals surface area (Å²) in [7, 11) is -6.02. The van der Waals surface area contributed by atoms with E-state index in [1.165, 1.54) is 17.4 Å². The summed E-state index contributed by atoms with van der Waals surface area (Å²) in [6.07, 6.45) is 0. The Hall–Kier alpha value is -5.84. The number of nitrogens with zero attached hydrogens (tertiary/aromatic N) is 2. The lowest BCUT2D eigenvalue weighted by Gasteiger charge is -2.28. The van der Waals surface area contributed by atoms with Crippen molar-refractivity contribution in [1.29, 1.82) is 0 Å². The molecule has 0 N–H and O–H groups in total. The van der Waals surface area contributed by atoms with Gasteiger partial charge in [-0.1, -0.05) is 97.1 Å². The average Bonchev–Trinajstić information content (AvgIpc) is 3.51. The smallest absolute Gasteiger partial charge is 0.374 e. The summed E-state index contributed by atoms with van der Waals surface area (Å²) in [4.78, 5) is 3.99. The Balaban J connectivity index is 1.53. The second-order valence-electron chi connectivity index (χ2n) is 11.7. The second kappa shape index (κ2) is 12.8. The number of hydrogen-bond acceptors (Lipinski definition) is 6. The molecule has 0 spiro atoms. The monoisotopic (exact) mass is 716 g/mol. The molecule has 5 nitrogen and oxygen atoms in total. The zero-order valence-corrected chi connectivity index (χ0v) is 28.3. The minimum absolute atomic E-state index is 0.264. The lowest BCUT2D eigenvalue weighted by molar-refractivity contribution is -0.0499. The molecule has 10 heteroatoms. The van der Waals surface area contributed by atoms with E-state index < -0.39 is 21.4 Å². The summed E-state index contributed by atoms with van der Waals surface area (Å²) in [5, 5.41) is 3.08. The SMILES string of the molecule is O=S(=O)(Oc1cc(N(c2ccccc2)c2ccccc2)cc2c1sc1cc3ccccc3c(N(c3ccccc3)c3ccccc3)c12)C(F)(F)F. The van der Waals surface area contributed by atoms with Crippen LogP contribution in [0.4, 0.5) is 47.3 Å². The van der Waals surface area contributed by atoms with E-state index in [1.54, 1.807) is 0 Å². The van der Waals surface area contributed by atoms with E-state index in [1.807, 2.05) is 163 Å². The summed E-state index contributed by atoms with van der Waals surface area (Å²) >= 11 is 1.19. The normalized spacial score (nSPS) is 12.0. The molecule has 252 valence electrons. The van der Waals surface area contributed by atoms with Crippen LogP contribution in [0.1, 0.15) is 0 Å². The highest BCUT2D eigenvalue weighted by Crippen LogP contribution is 2.52. The average molecular weight is 717 g/mol. The molecule has 51 heavy (non-hydrogen) atoms. The summed E-state index contributed by atoms with van der Waals surface area (Å²) in [6.45, 7) is 0. The number of para-hydroxylation sites is 4. The van der Waals surface area contributed by atoms with Crippen molar-refractivity contribution in [2.24, 2.45) is 0 Å². The third-order valence-electron chi connectivity index (χ3n) is 8.53. The first kappa shape index (κ1) is 32.4. The molecule has 1 heterocycles. The van der Waals surface area contributed by atoms with Crippen LogP contribution in [0.15, 0.2) is 164 Å². The highest BCUT2D eigenvalue weighted by molar-refractivity contribution is 7.88. The van der Waals surface area contributed by atoms with E-state index >= 15 is 0 Å². The number of halogens is 3. The first-order valence-electron chi connectivity index (χ1n) is 15.9. The van der Waals surface area contributed by atoms with Gasteiger partial charge in [0.1, 0.15) is 0 Å². The van der Waals surface area contributed by atoms with Gasteiger partial charge >= 0.3 is 15.6 Å². The standard InChI is InChI=1S/C41H27F3N2O3S2/c42-41(43,44)51(47,48)49-36-27-33(45(29-16-5-1-6-17-29)30-18-7-2-8-19-30)26-35-38-37(50-40(35)36)25-28-15-13-14-24-34(28)39(38)46(31-20-9-3-10-21-31)32-22-11-4-12-23-32/h1-27H. The van der Waals surface area contributed by atoms with Crippen LogP contribution in [-0.4, -0.2) is 13.9 Å². The van der Waals surface area contributed by atoms with Gasteiger partial charge in [0.15, 0.2) is 5.75 Å². The molecule has 0 aliphatic carbocycles. The Kier molecular flexibility index (Phi) is 8.13. The first-order chi connectivity index (χ1) is 24.7. The summed E-state index contributed by atoms with van der Waals surface area (Å²) < 4.78 is 73.2. The Morgan fingerprint density at radius 1 is 0.529 bits per heavy atom. The van der Waals surface area contributed by atoms with Crippen molar-refractivity contribution in [3.63, 3.8) is 0 Å². The van der Waals surface area contributed by atoms with Crippen LogP contribution in [0.5, 0.6) is 5.75 Å². The molecule has 0 amide bonds. The molecular formula is C41H27F3N2O3S2. The Morgan fingerprint density at radius 3 is 1.51 bits per heavy atom. The van der Waals surface area contributed by atoms with Gasteiger partial charge in [0, 0.05) is 49.7 Å². The van der Waals surface area contributed by atoms with E-state index in [2.05, 4.69) is 4.90 Å². The van der Waals surface area contributed by atoms with Gasteiger partial charge in [-0.2, -0.15) is 21.6 Å². The van der Waals surface area contributed by atoms with Crippen molar-refractivity contribution >= 4 is 86.5 Å². The van der Waals surface area contributed by atoms with Crippen molar-refractivity contribution in [3.8, 4) is 5.75 Å². The van der Waals surface area contributed by atoms with Crippen LogP contribution >= 0.6 is 11.3 Å². The van der Waals surface area contributed by atoms with Gasteiger partial charge in [0.25, 0.3) is 0 Å². The summed E-state index contributed by atoms with van der Waals surface area (Å²) in [6, 6.07) is 51.5. The van der Waals surface area contributed by atoms with Gasteiger partial charge in [-0.25, -0.2) is 0 Å². The zero-order valence-electron chi connectivity index (χ0n) is 26.7. The number of rotatable bonds is 8. The molecule has 0 fully saturated rings. The van der Waals surface area contributed by atoms with E-state index in [0.29, 0.717) is 22.4 Å².